The molecule has 0 aliphatic rings. The van der Waals surface area contributed by atoms with Crippen molar-refractivity contribution in [3.05, 3.63) is 42.3 Å². The van der Waals surface area contributed by atoms with E-state index < -0.39 is 0 Å². The van der Waals surface area contributed by atoms with Gasteiger partial charge < -0.3 is 9.52 Å². The largest absolute Gasteiger partial charge is 0.444 e. The summed E-state index contributed by atoms with van der Waals surface area (Å²) in [4.78, 5) is 4.44. The fourth-order valence-corrected chi connectivity index (χ4v) is 2.29. The Morgan fingerprint density at radius 2 is 2.00 bits per heavy atom. The van der Waals surface area contributed by atoms with E-state index in [9.17, 15) is 5.11 Å². The maximum atomic E-state index is 9.42. The van der Waals surface area contributed by atoms with Gasteiger partial charge in [0.1, 0.15) is 6.26 Å². The van der Waals surface area contributed by atoms with Crippen LogP contribution in [0.15, 0.2) is 41.0 Å². The van der Waals surface area contributed by atoms with Gasteiger partial charge in [-0.15, -0.1) is 11.8 Å². The molecule has 0 radical (unpaired) electrons. The summed E-state index contributed by atoms with van der Waals surface area (Å²) in [6.07, 6.45) is 1.37. The van der Waals surface area contributed by atoms with E-state index in [1.54, 1.807) is 24.9 Å². The molecule has 2 aromatic rings. The summed E-state index contributed by atoms with van der Waals surface area (Å²) in [6.45, 7) is 3.81. The standard InChI is InChI=1S/C14H17NO2S/c1-10(16)11(2)18-9-13-8-17-14(15-13)12-6-4-3-5-7-12/h3-8,10-11,16H,9H2,1-2H3/t10-,11+/m1/s1. The van der Waals surface area contributed by atoms with Crippen molar-refractivity contribution < 1.29 is 9.52 Å². The quantitative estimate of drug-likeness (QED) is 0.898. The zero-order valence-corrected chi connectivity index (χ0v) is 11.4. The molecule has 0 bridgehead atoms. The van der Waals surface area contributed by atoms with Gasteiger partial charge in [-0.3, -0.25) is 0 Å². The van der Waals surface area contributed by atoms with Crippen LogP contribution in [0, 0.1) is 0 Å². The smallest absolute Gasteiger partial charge is 0.226 e. The highest BCUT2D eigenvalue weighted by molar-refractivity contribution is 7.99. The Bertz CT molecular complexity index is 482. The number of nitrogens with zero attached hydrogens (tertiary/aromatic N) is 1. The second-order valence-corrected chi connectivity index (χ2v) is 5.63. The molecule has 0 aliphatic heterocycles. The lowest BCUT2D eigenvalue weighted by Crippen LogP contribution is -2.15. The highest BCUT2D eigenvalue weighted by Crippen LogP contribution is 2.23. The van der Waals surface area contributed by atoms with Crippen LogP contribution in [-0.4, -0.2) is 21.4 Å². The van der Waals surface area contributed by atoms with Crippen LogP contribution in [0.4, 0.5) is 0 Å². The molecule has 4 heteroatoms. The molecule has 1 N–H and O–H groups in total. The van der Waals surface area contributed by atoms with Crippen molar-refractivity contribution in [1.29, 1.82) is 0 Å². The molecule has 0 amide bonds. The first-order valence-corrected chi connectivity index (χ1v) is 7.01. The minimum atomic E-state index is -0.310. The topological polar surface area (TPSA) is 46.3 Å². The van der Waals surface area contributed by atoms with Crippen molar-refractivity contribution in [2.45, 2.75) is 31.0 Å². The van der Waals surface area contributed by atoms with Crippen molar-refractivity contribution in [3.63, 3.8) is 0 Å². The summed E-state index contributed by atoms with van der Waals surface area (Å²) < 4.78 is 5.46. The van der Waals surface area contributed by atoms with Crippen LogP contribution in [0.5, 0.6) is 0 Å². The van der Waals surface area contributed by atoms with Gasteiger partial charge in [-0.1, -0.05) is 25.1 Å². The fraction of sp³-hybridized carbons (Fsp3) is 0.357. The van der Waals surface area contributed by atoms with Gasteiger partial charge in [0.15, 0.2) is 0 Å². The zero-order chi connectivity index (χ0) is 13.0. The van der Waals surface area contributed by atoms with E-state index in [1.165, 1.54) is 0 Å². The predicted octanol–water partition coefficient (Wildman–Crippen LogP) is 3.34. The van der Waals surface area contributed by atoms with Crippen molar-refractivity contribution in [2.24, 2.45) is 0 Å². The average molecular weight is 263 g/mol. The average Bonchev–Trinajstić information content (AvgIpc) is 2.85. The maximum absolute atomic E-state index is 9.42. The first-order chi connectivity index (χ1) is 8.66. The molecular weight excluding hydrogens is 246 g/mol. The van der Waals surface area contributed by atoms with E-state index in [1.807, 2.05) is 37.3 Å². The number of rotatable bonds is 5. The van der Waals surface area contributed by atoms with Crippen LogP contribution in [0.25, 0.3) is 11.5 Å². The summed E-state index contributed by atoms with van der Waals surface area (Å²) in [5, 5.41) is 9.61. The summed E-state index contributed by atoms with van der Waals surface area (Å²) in [6, 6.07) is 9.84. The van der Waals surface area contributed by atoms with Gasteiger partial charge in [0, 0.05) is 16.6 Å². The number of hydrogen-bond donors (Lipinski definition) is 1. The third-order valence-corrected chi connectivity index (χ3v) is 4.13. The number of aliphatic hydroxyl groups excluding tert-OH is 1. The van der Waals surface area contributed by atoms with Gasteiger partial charge in [0.2, 0.25) is 5.89 Å². The molecule has 0 spiro atoms. The highest BCUT2D eigenvalue weighted by Gasteiger charge is 2.11. The van der Waals surface area contributed by atoms with Gasteiger partial charge >= 0.3 is 0 Å². The second-order valence-electron chi connectivity index (χ2n) is 4.27. The Kier molecular flexibility index (Phi) is 4.44. The van der Waals surface area contributed by atoms with Crippen LogP contribution in [0.2, 0.25) is 0 Å². The third kappa shape index (κ3) is 3.37. The summed E-state index contributed by atoms with van der Waals surface area (Å²) in [5.74, 6) is 1.40. The normalized spacial score (nSPS) is 14.4. The molecule has 2 atom stereocenters. The van der Waals surface area contributed by atoms with E-state index in [-0.39, 0.29) is 11.4 Å². The van der Waals surface area contributed by atoms with Crippen LogP contribution in [0.1, 0.15) is 19.5 Å². The van der Waals surface area contributed by atoms with E-state index in [4.69, 9.17) is 4.42 Å². The van der Waals surface area contributed by atoms with Gasteiger partial charge in [-0.05, 0) is 19.1 Å². The van der Waals surface area contributed by atoms with Gasteiger partial charge in [-0.2, -0.15) is 0 Å². The predicted molar refractivity (Wildman–Crippen MR) is 74.4 cm³/mol. The van der Waals surface area contributed by atoms with E-state index in [0.29, 0.717) is 5.89 Å². The maximum Gasteiger partial charge on any atom is 0.226 e. The number of benzene rings is 1. The molecule has 3 nitrogen and oxygen atoms in total. The second kappa shape index (κ2) is 6.07. The number of hydrogen-bond acceptors (Lipinski definition) is 4. The first-order valence-electron chi connectivity index (χ1n) is 5.96. The lowest BCUT2D eigenvalue weighted by atomic mass is 10.2. The van der Waals surface area contributed by atoms with E-state index in [2.05, 4.69) is 4.98 Å². The Balaban J connectivity index is 1.99. The molecule has 1 heterocycles. The van der Waals surface area contributed by atoms with Crippen LogP contribution in [-0.2, 0) is 5.75 Å². The van der Waals surface area contributed by atoms with Gasteiger partial charge in [0.05, 0.1) is 11.8 Å². The molecule has 18 heavy (non-hydrogen) atoms. The SMILES string of the molecule is C[C@H](SCc1coc(-c2ccccc2)n1)[C@@H](C)O. The Morgan fingerprint density at radius 1 is 1.28 bits per heavy atom. The van der Waals surface area contributed by atoms with Gasteiger partial charge in [-0.25, -0.2) is 4.98 Å². The number of aromatic nitrogens is 1. The molecule has 96 valence electrons. The minimum Gasteiger partial charge on any atom is -0.444 e. The van der Waals surface area contributed by atoms with E-state index in [0.717, 1.165) is 17.0 Å². The molecule has 0 saturated heterocycles. The van der Waals surface area contributed by atoms with Crippen molar-refractivity contribution in [2.75, 3.05) is 0 Å². The highest BCUT2D eigenvalue weighted by atomic mass is 32.2. The number of oxazole rings is 1. The zero-order valence-electron chi connectivity index (χ0n) is 10.5. The van der Waals surface area contributed by atoms with Crippen LogP contribution >= 0.6 is 11.8 Å². The monoisotopic (exact) mass is 263 g/mol. The Labute approximate surface area is 111 Å². The number of aliphatic hydroxyl groups is 1. The minimum absolute atomic E-state index is 0.196. The van der Waals surface area contributed by atoms with Crippen molar-refractivity contribution >= 4 is 11.8 Å². The Morgan fingerprint density at radius 3 is 2.67 bits per heavy atom. The lowest BCUT2D eigenvalue weighted by Gasteiger charge is -2.12. The lowest BCUT2D eigenvalue weighted by molar-refractivity contribution is 0.196. The van der Waals surface area contributed by atoms with Crippen LogP contribution in [0.3, 0.4) is 0 Å². The molecule has 1 aromatic heterocycles. The van der Waals surface area contributed by atoms with Crippen LogP contribution < -0.4 is 0 Å². The number of thioether (sulfide) groups is 1. The molecule has 0 fully saturated rings. The third-order valence-electron chi connectivity index (χ3n) is 2.75. The molecule has 2 rings (SSSR count). The summed E-state index contributed by atoms with van der Waals surface area (Å²) in [5.41, 5.74) is 1.89. The molecule has 0 unspecified atom stereocenters. The van der Waals surface area contributed by atoms with Gasteiger partial charge in [0.25, 0.3) is 0 Å². The summed E-state index contributed by atoms with van der Waals surface area (Å²) in [7, 11) is 0. The first kappa shape index (κ1) is 13.2. The van der Waals surface area contributed by atoms with Crippen molar-refractivity contribution in [1.82, 2.24) is 4.98 Å². The molecule has 1 aromatic carbocycles. The molecule has 0 aliphatic carbocycles. The Hall–Kier alpha value is -1.26. The van der Waals surface area contributed by atoms with E-state index >= 15 is 0 Å². The molecule has 0 saturated carbocycles. The van der Waals surface area contributed by atoms with Crippen molar-refractivity contribution in [3.8, 4) is 11.5 Å². The molecular formula is C14H17NO2S. The fourth-order valence-electron chi connectivity index (χ4n) is 1.44. The summed E-state index contributed by atoms with van der Waals surface area (Å²) >= 11 is 1.67.